The number of carbonyl (C=O) groups is 2. The zero-order valence-electron chi connectivity index (χ0n) is 18.7. The number of carbonyl (C=O) groups excluding carboxylic acids is 2. The lowest BCUT2D eigenvalue weighted by molar-refractivity contribution is -0.129. The van der Waals surface area contributed by atoms with Gasteiger partial charge in [-0.2, -0.15) is 4.31 Å². The molecule has 0 saturated carbocycles. The number of sulfonamides is 1. The SMILES string of the molecule is CC(=O)N1C=Cc2ccccc2C1CC(=O)Nc1cccc(S(=O)(=O)N2CCCCCC2)c1. The largest absolute Gasteiger partial charge is 0.326 e. The second-order valence-corrected chi connectivity index (χ2v) is 10.4. The molecular formula is C25H29N3O4S. The molecule has 1 fully saturated rings. The number of amides is 2. The smallest absolute Gasteiger partial charge is 0.243 e. The fourth-order valence-corrected chi connectivity index (χ4v) is 6.03. The van der Waals surface area contributed by atoms with Crippen LogP contribution in [0.3, 0.4) is 0 Å². The monoisotopic (exact) mass is 467 g/mol. The van der Waals surface area contributed by atoms with Crippen LogP contribution in [-0.2, 0) is 19.6 Å². The van der Waals surface area contributed by atoms with Gasteiger partial charge in [0.25, 0.3) is 0 Å². The number of anilines is 1. The molecule has 0 radical (unpaired) electrons. The first-order valence-electron chi connectivity index (χ1n) is 11.3. The van der Waals surface area contributed by atoms with E-state index in [1.165, 1.54) is 17.3 Å². The molecule has 2 aromatic carbocycles. The van der Waals surface area contributed by atoms with Gasteiger partial charge < -0.3 is 10.2 Å². The van der Waals surface area contributed by atoms with Crippen LogP contribution in [0, 0.1) is 0 Å². The molecule has 7 nitrogen and oxygen atoms in total. The van der Waals surface area contributed by atoms with Crippen LogP contribution in [0.2, 0.25) is 0 Å². The van der Waals surface area contributed by atoms with Gasteiger partial charge in [-0.1, -0.05) is 43.2 Å². The Morgan fingerprint density at radius 2 is 1.73 bits per heavy atom. The minimum atomic E-state index is -3.61. The van der Waals surface area contributed by atoms with Crippen molar-refractivity contribution in [2.45, 2.75) is 50.0 Å². The van der Waals surface area contributed by atoms with Crippen molar-refractivity contribution in [1.82, 2.24) is 9.21 Å². The number of rotatable bonds is 5. The first kappa shape index (κ1) is 23.2. The third-order valence-electron chi connectivity index (χ3n) is 6.17. The molecule has 0 aliphatic carbocycles. The number of hydrogen-bond donors (Lipinski definition) is 1. The summed E-state index contributed by atoms with van der Waals surface area (Å²) in [6, 6.07) is 13.6. The third-order valence-corrected chi connectivity index (χ3v) is 8.06. The molecule has 33 heavy (non-hydrogen) atoms. The second-order valence-electron chi connectivity index (χ2n) is 8.49. The highest BCUT2D eigenvalue weighted by molar-refractivity contribution is 7.89. The fourth-order valence-electron chi connectivity index (χ4n) is 4.47. The van der Waals surface area contributed by atoms with Crippen LogP contribution in [0.1, 0.15) is 56.2 Å². The predicted octanol–water partition coefficient (Wildman–Crippen LogP) is 4.15. The van der Waals surface area contributed by atoms with Crippen molar-refractivity contribution >= 4 is 33.6 Å². The number of benzene rings is 2. The molecule has 0 spiro atoms. The fraction of sp³-hybridized carbons (Fsp3) is 0.360. The Balaban J connectivity index is 1.51. The van der Waals surface area contributed by atoms with Gasteiger partial charge in [0.1, 0.15) is 0 Å². The zero-order chi connectivity index (χ0) is 23.4. The predicted molar refractivity (Wildman–Crippen MR) is 128 cm³/mol. The van der Waals surface area contributed by atoms with Crippen LogP contribution in [-0.4, -0.2) is 42.5 Å². The molecule has 2 amide bonds. The van der Waals surface area contributed by atoms with E-state index in [0.29, 0.717) is 18.8 Å². The van der Waals surface area contributed by atoms with Crippen LogP contribution in [0.4, 0.5) is 5.69 Å². The lowest BCUT2D eigenvalue weighted by Crippen LogP contribution is -2.33. The Kier molecular flexibility index (Phi) is 6.95. The summed E-state index contributed by atoms with van der Waals surface area (Å²) in [5, 5.41) is 2.82. The van der Waals surface area contributed by atoms with Gasteiger partial charge in [-0.3, -0.25) is 9.59 Å². The van der Waals surface area contributed by atoms with Crippen molar-refractivity contribution in [2.24, 2.45) is 0 Å². The standard InChI is InChI=1S/C25H29N3O4S/c1-19(29)28-16-13-20-9-4-5-12-23(20)24(28)18-25(30)26-21-10-8-11-22(17-21)33(31,32)27-14-6-2-3-7-15-27/h4-5,8-13,16-17,24H,2-3,6-7,14-15,18H2,1H3,(H,26,30). The van der Waals surface area contributed by atoms with Crippen molar-refractivity contribution in [3.8, 4) is 0 Å². The normalized spacial score (nSPS) is 18.9. The van der Waals surface area contributed by atoms with Gasteiger partial charge in [0.15, 0.2) is 0 Å². The van der Waals surface area contributed by atoms with Gasteiger partial charge >= 0.3 is 0 Å². The molecule has 1 atom stereocenters. The Hall–Kier alpha value is -2.97. The topological polar surface area (TPSA) is 86.8 Å². The summed E-state index contributed by atoms with van der Waals surface area (Å²) >= 11 is 0. The summed E-state index contributed by atoms with van der Waals surface area (Å²) in [5.74, 6) is -0.440. The number of fused-ring (bicyclic) bond motifs is 1. The number of nitrogens with one attached hydrogen (secondary N) is 1. The third kappa shape index (κ3) is 5.17. The quantitative estimate of drug-likeness (QED) is 0.716. The molecule has 8 heteroatoms. The summed E-state index contributed by atoms with van der Waals surface area (Å²) in [6.07, 6.45) is 7.43. The Labute approximate surface area is 195 Å². The first-order valence-corrected chi connectivity index (χ1v) is 12.8. The first-order chi connectivity index (χ1) is 15.9. The van der Waals surface area contributed by atoms with E-state index in [0.717, 1.165) is 36.8 Å². The van der Waals surface area contributed by atoms with Crippen molar-refractivity contribution < 1.29 is 18.0 Å². The van der Waals surface area contributed by atoms with E-state index in [1.54, 1.807) is 29.3 Å². The van der Waals surface area contributed by atoms with Crippen molar-refractivity contribution in [3.05, 3.63) is 65.9 Å². The maximum atomic E-state index is 13.1. The number of nitrogens with zero attached hydrogens (tertiary/aromatic N) is 2. The molecule has 2 aliphatic rings. The molecule has 0 aromatic heterocycles. The maximum Gasteiger partial charge on any atom is 0.243 e. The Morgan fingerprint density at radius 1 is 1.00 bits per heavy atom. The lowest BCUT2D eigenvalue weighted by atomic mass is 9.93. The average molecular weight is 468 g/mol. The molecule has 4 rings (SSSR count). The van der Waals surface area contributed by atoms with Crippen LogP contribution in [0.15, 0.2) is 59.6 Å². The molecule has 2 aromatic rings. The van der Waals surface area contributed by atoms with Crippen molar-refractivity contribution in [1.29, 1.82) is 0 Å². The minimum Gasteiger partial charge on any atom is -0.326 e. The van der Waals surface area contributed by atoms with Gasteiger partial charge in [0.2, 0.25) is 21.8 Å². The van der Waals surface area contributed by atoms with Gasteiger partial charge in [-0.05, 0) is 48.2 Å². The molecule has 1 unspecified atom stereocenters. The van der Waals surface area contributed by atoms with E-state index in [-0.39, 0.29) is 23.1 Å². The highest BCUT2D eigenvalue weighted by atomic mass is 32.2. The summed E-state index contributed by atoms with van der Waals surface area (Å²) in [4.78, 5) is 26.8. The van der Waals surface area contributed by atoms with Crippen molar-refractivity contribution in [2.75, 3.05) is 18.4 Å². The molecule has 1 N–H and O–H groups in total. The van der Waals surface area contributed by atoms with Gasteiger partial charge in [-0.15, -0.1) is 0 Å². The van der Waals surface area contributed by atoms with E-state index in [4.69, 9.17) is 0 Å². The minimum absolute atomic E-state index is 0.0596. The Morgan fingerprint density at radius 3 is 2.45 bits per heavy atom. The Bertz CT molecular complexity index is 1170. The van der Waals surface area contributed by atoms with Gasteiger partial charge in [-0.25, -0.2) is 8.42 Å². The molecule has 174 valence electrons. The van der Waals surface area contributed by atoms with Gasteiger partial charge in [0, 0.05) is 31.9 Å². The lowest BCUT2D eigenvalue weighted by Gasteiger charge is -2.32. The van der Waals surface area contributed by atoms with E-state index in [2.05, 4.69) is 5.32 Å². The van der Waals surface area contributed by atoms with Crippen LogP contribution in [0.25, 0.3) is 6.08 Å². The van der Waals surface area contributed by atoms with E-state index in [9.17, 15) is 18.0 Å². The van der Waals surface area contributed by atoms with Gasteiger partial charge in [0.05, 0.1) is 17.4 Å². The summed E-state index contributed by atoms with van der Waals surface area (Å²) in [7, 11) is -3.61. The molecule has 2 heterocycles. The van der Waals surface area contributed by atoms with Crippen LogP contribution < -0.4 is 5.32 Å². The zero-order valence-corrected chi connectivity index (χ0v) is 19.6. The molecule has 1 saturated heterocycles. The molecular weight excluding hydrogens is 438 g/mol. The van der Waals surface area contributed by atoms with Crippen LogP contribution in [0.5, 0.6) is 0 Å². The highest BCUT2D eigenvalue weighted by Gasteiger charge is 2.29. The summed E-state index contributed by atoms with van der Waals surface area (Å²) in [6.45, 7) is 2.52. The maximum absolute atomic E-state index is 13.1. The van der Waals surface area contributed by atoms with Crippen molar-refractivity contribution in [3.63, 3.8) is 0 Å². The van der Waals surface area contributed by atoms with E-state index in [1.807, 2.05) is 30.3 Å². The summed E-state index contributed by atoms with van der Waals surface area (Å²) in [5.41, 5.74) is 2.30. The highest BCUT2D eigenvalue weighted by Crippen LogP contribution is 2.33. The molecule has 2 aliphatic heterocycles. The summed E-state index contributed by atoms with van der Waals surface area (Å²) < 4.78 is 27.8. The second kappa shape index (κ2) is 9.89. The van der Waals surface area contributed by atoms with E-state index >= 15 is 0 Å². The average Bonchev–Trinajstić information content (AvgIpc) is 3.09. The molecule has 0 bridgehead atoms. The van der Waals surface area contributed by atoms with E-state index < -0.39 is 16.1 Å². The van der Waals surface area contributed by atoms with Crippen LogP contribution >= 0.6 is 0 Å². The number of hydrogen-bond acceptors (Lipinski definition) is 4.